The number of carbonyl (C=O) groups is 1. The van der Waals surface area contributed by atoms with Crippen molar-refractivity contribution in [3.8, 4) is 0 Å². The van der Waals surface area contributed by atoms with E-state index in [0.29, 0.717) is 12.6 Å². The van der Waals surface area contributed by atoms with Gasteiger partial charge in [0.2, 0.25) is 5.91 Å². The minimum atomic E-state index is -0.354. The molecule has 21 heavy (non-hydrogen) atoms. The molecule has 3 nitrogen and oxygen atoms in total. The van der Waals surface area contributed by atoms with Crippen LogP contribution in [0.5, 0.6) is 0 Å². The molecule has 2 N–H and O–H groups in total. The molecule has 1 aromatic rings. The van der Waals surface area contributed by atoms with Crippen molar-refractivity contribution in [3.63, 3.8) is 0 Å². The Hall–Kier alpha value is -1.00. The minimum Gasteiger partial charge on any atom is -0.334 e. The second-order valence-corrected chi connectivity index (χ2v) is 6.74. The fourth-order valence-corrected chi connectivity index (χ4v) is 2.92. The van der Waals surface area contributed by atoms with Crippen molar-refractivity contribution in [1.82, 2.24) is 4.90 Å². The number of hydrogen-bond donors (Lipinski definition) is 1. The van der Waals surface area contributed by atoms with E-state index in [4.69, 9.17) is 5.73 Å². The lowest BCUT2D eigenvalue weighted by atomic mass is 10.1. The Morgan fingerprint density at radius 1 is 1.33 bits per heavy atom. The molecule has 1 aromatic carbocycles. The lowest BCUT2D eigenvalue weighted by Gasteiger charge is -2.26. The number of rotatable bonds is 8. The van der Waals surface area contributed by atoms with Crippen LogP contribution in [0.4, 0.5) is 0 Å². The van der Waals surface area contributed by atoms with E-state index in [1.807, 2.05) is 11.2 Å². The third kappa shape index (κ3) is 4.75. The summed E-state index contributed by atoms with van der Waals surface area (Å²) in [4.78, 5) is 14.5. The highest BCUT2D eigenvalue weighted by Crippen LogP contribution is 2.29. The number of carbonyl (C=O) groups excluding carboxylic acids is 1. The van der Waals surface area contributed by atoms with Gasteiger partial charge in [-0.2, -0.15) is 11.8 Å². The zero-order valence-corrected chi connectivity index (χ0v) is 13.9. The summed E-state index contributed by atoms with van der Waals surface area (Å²) in [6.45, 7) is 2.85. The highest BCUT2D eigenvalue weighted by molar-refractivity contribution is 7.98. The van der Waals surface area contributed by atoms with Crippen LogP contribution in [-0.4, -0.2) is 34.9 Å². The van der Waals surface area contributed by atoms with E-state index in [-0.39, 0.29) is 11.9 Å². The Kier molecular flexibility index (Phi) is 6.12. The van der Waals surface area contributed by atoms with Crippen LogP contribution in [0.25, 0.3) is 0 Å². The number of nitrogens with two attached hydrogens (primary N) is 1. The fraction of sp³-hybridized carbons (Fsp3) is 0.588. The first kappa shape index (κ1) is 16.4. The van der Waals surface area contributed by atoms with Crippen LogP contribution in [-0.2, 0) is 17.8 Å². The maximum Gasteiger partial charge on any atom is 0.240 e. The van der Waals surface area contributed by atoms with Gasteiger partial charge in [0, 0.05) is 12.6 Å². The Morgan fingerprint density at radius 2 is 1.95 bits per heavy atom. The summed E-state index contributed by atoms with van der Waals surface area (Å²) in [5.41, 5.74) is 8.60. The van der Waals surface area contributed by atoms with Crippen molar-refractivity contribution in [2.24, 2.45) is 5.73 Å². The van der Waals surface area contributed by atoms with Crippen LogP contribution in [0, 0.1) is 0 Å². The van der Waals surface area contributed by atoms with E-state index in [9.17, 15) is 4.79 Å². The van der Waals surface area contributed by atoms with Crippen molar-refractivity contribution >= 4 is 17.7 Å². The van der Waals surface area contributed by atoms with Gasteiger partial charge in [0.1, 0.15) is 0 Å². The number of hydrogen-bond acceptors (Lipinski definition) is 3. The smallest absolute Gasteiger partial charge is 0.240 e. The number of thioether (sulfide) groups is 1. The van der Waals surface area contributed by atoms with E-state index < -0.39 is 0 Å². The first-order chi connectivity index (χ1) is 10.2. The average Bonchev–Trinajstić information content (AvgIpc) is 3.34. The topological polar surface area (TPSA) is 46.3 Å². The third-order valence-electron chi connectivity index (χ3n) is 4.01. The van der Waals surface area contributed by atoms with E-state index >= 15 is 0 Å². The highest BCUT2D eigenvalue weighted by Gasteiger charge is 2.34. The molecule has 1 aliphatic carbocycles. The predicted molar refractivity (Wildman–Crippen MR) is 90.4 cm³/mol. The maximum absolute atomic E-state index is 12.5. The summed E-state index contributed by atoms with van der Waals surface area (Å²) in [7, 11) is 0. The van der Waals surface area contributed by atoms with Crippen LogP contribution in [0.1, 0.15) is 37.3 Å². The molecule has 0 spiro atoms. The highest BCUT2D eigenvalue weighted by atomic mass is 32.2. The monoisotopic (exact) mass is 306 g/mol. The molecule has 0 aromatic heterocycles. The zero-order valence-electron chi connectivity index (χ0n) is 13.0. The minimum absolute atomic E-state index is 0.117. The number of aryl methyl sites for hydroxylation is 1. The van der Waals surface area contributed by atoms with Gasteiger partial charge >= 0.3 is 0 Å². The first-order valence-corrected chi connectivity index (χ1v) is 9.18. The molecule has 2 rings (SSSR count). The van der Waals surface area contributed by atoms with E-state index in [0.717, 1.165) is 31.4 Å². The number of amides is 1. The molecule has 4 heteroatoms. The summed E-state index contributed by atoms with van der Waals surface area (Å²) < 4.78 is 0. The Balaban J connectivity index is 1.99. The van der Waals surface area contributed by atoms with Crippen molar-refractivity contribution in [1.29, 1.82) is 0 Å². The predicted octanol–water partition coefficient (Wildman–Crippen LogP) is 2.82. The fourth-order valence-electron chi connectivity index (χ4n) is 2.43. The molecule has 1 fully saturated rings. The molecule has 1 atom stereocenters. The lowest BCUT2D eigenvalue weighted by molar-refractivity contribution is -0.133. The summed E-state index contributed by atoms with van der Waals surface area (Å²) in [6, 6.07) is 8.62. The van der Waals surface area contributed by atoms with Crippen LogP contribution in [0.15, 0.2) is 24.3 Å². The summed E-state index contributed by atoms with van der Waals surface area (Å²) in [6.07, 6.45) is 6.09. The molecule has 0 saturated heterocycles. The molecular formula is C17H26N2OS. The van der Waals surface area contributed by atoms with Gasteiger partial charge in [-0.15, -0.1) is 0 Å². The van der Waals surface area contributed by atoms with Gasteiger partial charge in [0.25, 0.3) is 0 Å². The summed E-state index contributed by atoms with van der Waals surface area (Å²) in [5, 5.41) is 0. The Morgan fingerprint density at radius 3 is 2.48 bits per heavy atom. The van der Waals surface area contributed by atoms with E-state index in [2.05, 4.69) is 31.2 Å². The molecular weight excluding hydrogens is 280 g/mol. The van der Waals surface area contributed by atoms with Gasteiger partial charge in [0.05, 0.1) is 6.04 Å². The number of nitrogens with zero attached hydrogens (tertiary/aromatic N) is 1. The van der Waals surface area contributed by atoms with Gasteiger partial charge in [-0.25, -0.2) is 0 Å². The van der Waals surface area contributed by atoms with Crippen LogP contribution in [0.3, 0.4) is 0 Å². The average molecular weight is 306 g/mol. The van der Waals surface area contributed by atoms with Crippen LogP contribution in [0.2, 0.25) is 0 Å². The van der Waals surface area contributed by atoms with Crippen LogP contribution < -0.4 is 5.73 Å². The molecule has 0 unspecified atom stereocenters. The molecule has 1 aliphatic rings. The lowest BCUT2D eigenvalue weighted by Crippen LogP contribution is -2.44. The molecule has 0 bridgehead atoms. The number of benzene rings is 1. The van der Waals surface area contributed by atoms with Gasteiger partial charge < -0.3 is 10.6 Å². The quantitative estimate of drug-likeness (QED) is 0.803. The SMILES string of the molecule is CCc1ccc(CN(C(=O)[C@@H](N)CCSC)C2CC2)cc1. The van der Waals surface area contributed by atoms with Gasteiger partial charge in [-0.1, -0.05) is 31.2 Å². The largest absolute Gasteiger partial charge is 0.334 e. The second-order valence-electron chi connectivity index (χ2n) is 5.76. The normalized spacial score (nSPS) is 15.8. The first-order valence-electron chi connectivity index (χ1n) is 7.78. The Bertz CT molecular complexity index is 456. The van der Waals surface area contributed by atoms with E-state index in [1.54, 1.807) is 11.8 Å². The molecule has 116 valence electrons. The molecule has 0 aliphatic heterocycles. The van der Waals surface area contributed by atoms with Crippen LogP contribution >= 0.6 is 11.8 Å². The molecule has 0 radical (unpaired) electrons. The van der Waals surface area contributed by atoms with Crippen molar-refractivity contribution in [2.45, 2.75) is 51.2 Å². The summed E-state index contributed by atoms with van der Waals surface area (Å²) in [5.74, 6) is 1.06. The molecule has 0 heterocycles. The van der Waals surface area contributed by atoms with Gasteiger partial charge in [-0.3, -0.25) is 4.79 Å². The van der Waals surface area contributed by atoms with Crippen molar-refractivity contribution in [2.75, 3.05) is 12.0 Å². The van der Waals surface area contributed by atoms with Gasteiger partial charge in [0.15, 0.2) is 0 Å². The second kappa shape index (κ2) is 7.85. The molecule has 1 saturated carbocycles. The zero-order chi connectivity index (χ0) is 15.2. The molecule has 1 amide bonds. The third-order valence-corrected chi connectivity index (χ3v) is 4.65. The van der Waals surface area contributed by atoms with E-state index in [1.165, 1.54) is 11.1 Å². The Labute approximate surface area is 132 Å². The van der Waals surface area contributed by atoms with Crippen molar-refractivity contribution < 1.29 is 4.79 Å². The summed E-state index contributed by atoms with van der Waals surface area (Å²) >= 11 is 1.74. The standard InChI is InChI=1S/C17H26N2OS/c1-3-13-4-6-14(7-5-13)12-19(15-8-9-15)17(20)16(18)10-11-21-2/h4-7,15-16H,3,8-12,18H2,1-2H3/t16-/m0/s1. The van der Waals surface area contributed by atoms with Crippen molar-refractivity contribution in [3.05, 3.63) is 35.4 Å². The van der Waals surface area contributed by atoms with Gasteiger partial charge in [-0.05, 0) is 48.8 Å². The maximum atomic E-state index is 12.5.